The van der Waals surface area contributed by atoms with E-state index in [0.717, 1.165) is 28.7 Å². The van der Waals surface area contributed by atoms with E-state index in [1.165, 1.54) is 0 Å². The summed E-state index contributed by atoms with van der Waals surface area (Å²) in [5.41, 5.74) is 3.19. The molecule has 0 radical (unpaired) electrons. The highest BCUT2D eigenvalue weighted by atomic mass is 16.5. The first-order valence-electron chi connectivity index (χ1n) is 14.6. The van der Waals surface area contributed by atoms with Crippen LogP contribution in [0.25, 0.3) is 0 Å². The van der Waals surface area contributed by atoms with E-state index >= 15 is 0 Å². The van der Waals surface area contributed by atoms with Gasteiger partial charge in [0.1, 0.15) is 11.6 Å². The Labute approximate surface area is 243 Å². The lowest BCUT2D eigenvalue weighted by molar-refractivity contribution is -0.142. The molecular formula is C36H38N2O3. The van der Waals surface area contributed by atoms with Gasteiger partial charge in [-0.05, 0) is 41.5 Å². The molecule has 1 fully saturated rings. The molecule has 4 aromatic carbocycles. The van der Waals surface area contributed by atoms with Crippen LogP contribution in [0.5, 0.6) is 0 Å². The summed E-state index contributed by atoms with van der Waals surface area (Å²) in [6.07, 6.45) is 2.44. The number of amides is 2. The normalized spacial score (nSPS) is 16.9. The van der Waals surface area contributed by atoms with Crippen molar-refractivity contribution in [2.24, 2.45) is 0 Å². The standard InChI is InChI=1S/C36H38N2O3/c1-2-15-34(39)38-32(24-25-33(38)35(40)37-26-28-16-7-3-8-17-28)27-41-36(29-18-9-4-10-19-29,30-20-11-5-12-21-30)31-22-13-6-14-23-31/h3-14,16-23,32-33H,2,15,24-27H2,1H3,(H,37,40)/t32-,33-/m1/s1. The van der Waals surface area contributed by atoms with Crippen LogP contribution in [0.4, 0.5) is 0 Å². The molecule has 2 amide bonds. The Hall–Kier alpha value is -4.22. The van der Waals surface area contributed by atoms with Crippen molar-refractivity contribution in [1.82, 2.24) is 10.2 Å². The van der Waals surface area contributed by atoms with E-state index in [1.807, 2.05) is 91.9 Å². The van der Waals surface area contributed by atoms with Crippen molar-refractivity contribution in [3.05, 3.63) is 144 Å². The number of rotatable bonds is 11. The lowest BCUT2D eigenvalue weighted by Crippen LogP contribution is -2.50. The van der Waals surface area contributed by atoms with Gasteiger partial charge in [0.05, 0.1) is 12.6 Å². The third kappa shape index (κ3) is 6.26. The molecule has 1 aliphatic heterocycles. The van der Waals surface area contributed by atoms with Crippen molar-refractivity contribution in [3.8, 4) is 0 Å². The predicted octanol–water partition coefficient (Wildman–Crippen LogP) is 6.47. The summed E-state index contributed by atoms with van der Waals surface area (Å²) in [7, 11) is 0. The van der Waals surface area contributed by atoms with E-state index in [4.69, 9.17) is 4.74 Å². The Balaban J connectivity index is 1.45. The lowest BCUT2D eigenvalue weighted by atomic mass is 9.80. The average molecular weight is 547 g/mol. The van der Waals surface area contributed by atoms with Crippen LogP contribution in [0.3, 0.4) is 0 Å². The molecule has 0 unspecified atom stereocenters. The van der Waals surface area contributed by atoms with Crippen molar-refractivity contribution in [2.75, 3.05) is 6.61 Å². The molecule has 1 N–H and O–H groups in total. The van der Waals surface area contributed by atoms with Gasteiger partial charge in [-0.15, -0.1) is 0 Å². The van der Waals surface area contributed by atoms with E-state index in [0.29, 0.717) is 32.4 Å². The minimum Gasteiger partial charge on any atom is -0.359 e. The number of hydrogen-bond acceptors (Lipinski definition) is 3. The monoisotopic (exact) mass is 546 g/mol. The van der Waals surface area contributed by atoms with E-state index < -0.39 is 11.6 Å². The van der Waals surface area contributed by atoms with Gasteiger partial charge in [-0.3, -0.25) is 9.59 Å². The molecule has 5 nitrogen and oxygen atoms in total. The lowest BCUT2D eigenvalue weighted by Gasteiger charge is -2.38. The molecule has 2 atom stereocenters. The molecule has 5 rings (SSSR count). The van der Waals surface area contributed by atoms with Crippen LogP contribution in [0, 0.1) is 0 Å². The molecule has 0 bridgehead atoms. The molecule has 0 aliphatic carbocycles. The first-order valence-corrected chi connectivity index (χ1v) is 14.6. The number of nitrogens with zero attached hydrogens (tertiary/aromatic N) is 1. The van der Waals surface area contributed by atoms with Gasteiger partial charge in [0, 0.05) is 13.0 Å². The quantitative estimate of drug-likeness (QED) is 0.219. The third-order valence-corrected chi connectivity index (χ3v) is 7.90. The molecule has 0 aromatic heterocycles. The Morgan fingerprint density at radius 2 is 1.24 bits per heavy atom. The first kappa shape index (κ1) is 28.3. The summed E-state index contributed by atoms with van der Waals surface area (Å²) in [5.74, 6) is -0.107. The minimum atomic E-state index is -0.878. The van der Waals surface area contributed by atoms with Crippen LogP contribution in [0.1, 0.15) is 54.9 Å². The smallest absolute Gasteiger partial charge is 0.243 e. The molecule has 0 spiro atoms. The fourth-order valence-electron chi connectivity index (χ4n) is 5.92. The summed E-state index contributed by atoms with van der Waals surface area (Å²) in [5, 5.41) is 3.06. The zero-order chi connectivity index (χ0) is 28.5. The average Bonchev–Trinajstić information content (AvgIpc) is 3.47. The Morgan fingerprint density at radius 1 is 0.756 bits per heavy atom. The van der Waals surface area contributed by atoms with Crippen LogP contribution in [-0.4, -0.2) is 35.4 Å². The molecule has 5 heteroatoms. The topological polar surface area (TPSA) is 58.6 Å². The number of nitrogens with one attached hydrogen (secondary N) is 1. The fourth-order valence-corrected chi connectivity index (χ4v) is 5.92. The zero-order valence-corrected chi connectivity index (χ0v) is 23.6. The van der Waals surface area contributed by atoms with Gasteiger partial charge in [-0.25, -0.2) is 0 Å². The highest BCUT2D eigenvalue weighted by Crippen LogP contribution is 2.41. The van der Waals surface area contributed by atoms with Crippen molar-refractivity contribution < 1.29 is 14.3 Å². The minimum absolute atomic E-state index is 0.00296. The molecule has 1 aliphatic rings. The van der Waals surface area contributed by atoms with Crippen molar-refractivity contribution >= 4 is 11.8 Å². The van der Waals surface area contributed by atoms with Gasteiger partial charge in [0.2, 0.25) is 11.8 Å². The van der Waals surface area contributed by atoms with E-state index in [2.05, 4.69) is 41.7 Å². The maximum Gasteiger partial charge on any atom is 0.243 e. The maximum absolute atomic E-state index is 13.5. The molecule has 210 valence electrons. The number of carbonyl (C=O) groups is 2. The van der Waals surface area contributed by atoms with E-state index in [-0.39, 0.29) is 17.9 Å². The SMILES string of the molecule is CCCC(=O)N1[C@@H](COC(c2ccccc2)(c2ccccc2)c2ccccc2)CC[C@@H]1C(=O)NCc1ccccc1. The molecule has 4 aromatic rings. The molecule has 1 heterocycles. The van der Waals surface area contributed by atoms with Crippen molar-refractivity contribution in [1.29, 1.82) is 0 Å². The number of hydrogen-bond donors (Lipinski definition) is 1. The Bertz CT molecular complexity index is 1300. The second-order valence-corrected chi connectivity index (χ2v) is 10.6. The third-order valence-electron chi connectivity index (χ3n) is 7.90. The molecule has 0 saturated carbocycles. The Morgan fingerprint density at radius 3 is 1.73 bits per heavy atom. The summed E-state index contributed by atoms with van der Waals surface area (Å²) in [6.45, 7) is 2.73. The Kier molecular flexibility index (Phi) is 9.27. The highest BCUT2D eigenvalue weighted by molar-refractivity contribution is 5.88. The highest BCUT2D eigenvalue weighted by Gasteiger charge is 2.43. The number of ether oxygens (including phenoxy) is 1. The summed E-state index contributed by atoms with van der Waals surface area (Å²) in [4.78, 5) is 28.7. The number of benzene rings is 4. The van der Waals surface area contributed by atoms with Crippen LogP contribution < -0.4 is 5.32 Å². The van der Waals surface area contributed by atoms with Crippen LogP contribution in [0.15, 0.2) is 121 Å². The van der Waals surface area contributed by atoms with Gasteiger partial charge >= 0.3 is 0 Å². The second-order valence-electron chi connectivity index (χ2n) is 10.6. The van der Waals surface area contributed by atoms with Gasteiger partial charge in [0.25, 0.3) is 0 Å². The van der Waals surface area contributed by atoms with Crippen molar-refractivity contribution in [3.63, 3.8) is 0 Å². The van der Waals surface area contributed by atoms with E-state index in [9.17, 15) is 9.59 Å². The van der Waals surface area contributed by atoms with Crippen molar-refractivity contribution in [2.45, 2.75) is 56.8 Å². The largest absolute Gasteiger partial charge is 0.359 e. The molecule has 1 saturated heterocycles. The number of likely N-dealkylation sites (tertiary alicyclic amines) is 1. The molecule has 41 heavy (non-hydrogen) atoms. The van der Waals surface area contributed by atoms with Gasteiger partial charge in [-0.1, -0.05) is 128 Å². The number of carbonyl (C=O) groups excluding carboxylic acids is 2. The summed E-state index contributed by atoms with van der Waals surface area (Å²) >= 11 is 0. The summed E-state index contributed by atoms with van der Waals surface area (Å²) in [6, 6.07) is 39.9. The fraction of sp³-hybridized carbons (Fsp3) is 0.278. The van der Waals surface area contributed by atoms with Crippen LogP contribution in [-0.2, 0) is 26.5 Å². The van der Waals surface area contributed by atoms with Crippen LogP contribution in [0.2, 0.25) is 0 Å². The van der Waals surface area contributed by atoms with E-state index in [1.54, 1.807) is 4.90 Å². The van der Waals surface area contributed by atoms with Crippen LogP contribution >= 0.6 is 0 Å². The van der Waals surface area contributed by atoms with Gasteiger partial charge in [-0.2, -0.15) is 0 Å². The zero-order valence-electron chi connectivity index (χ0n) is 23.6. The summed E-state index contributed by atoms with van der Waals surface area (Å²) < 4.78 is 7.06. The second kappa shape index (κ2) is 13.4. The maximum atomic E-state index is 13.5. The predicted molar refractivity (Wildman–Crippen MR) is 162 cm³/mol. The van der Waals surface area contributed by atoms with Gasteiger partial charge < -0.3 is 15.0 Å². The van der Waals surface area contributed by atoms with Gasteiger partial charge in [0.15, 0.2) is 0 Å². The molecular weight excluding hydrogens is 508 g/mol. The first-order chi connectivity index (χ1) is 20.1.